The van der Waals surface area contributed by atoms with Gasteiger partial charge in [-0.05, 0) is 172 Å². The molecule has 9 aliphatic heterocycles. The van der Waals surface area contributed by atoms with Crippen LogP contribution in [0.1, 0.15) is 93.3 Å². The van der Waals surface area contributed by atoms with Gasteiger partial charge in [-0.15, -0.1) is 0 Å². The Morgan fingerprint density at radius 3 is 1.56 bits per heavy atom. The van der Waals surface area contributed by atoms with Crippen LogP contribution in [-0.4, -0.2) is 248 Å². The van der Waals surface area contributed by atoms with Gasteiger partial charge in [0.2, 0.25) is 59.7 Å². The molecule has 23 atom stereocenters. The number of aliphatic hydroxyl groups is 10. The van der Waals surface area contributed by atoms with Gasteiger partial charge in [0, 0.05) is 55.3 Å². The molecule has 149 heavy (non-hydrogen) atoms. The zero-order valence-corrected chi connectivity index (χ0v) is 79.6. The maximum absolute atomic E-state index is 17.3. The smallest absolute Gasteiger partial charge is 0.330 e. The molecular formula is C104H99Cl2N9O34. The van der Waals surface area contributed by atoms with Crippen molar-refractivity contribution in [3.05, 3.63) is 285 Å². The minimum Gasteiger partial charge on any atom is -0.508 e. The van der Waals surface area contributed by atoms with E-state index in [0.29, 0.717) is 34.1 Å². The predicted octanol–water partition coefficient (Wildman–Crippen LogP) is 5.11. The third kappa shape index (κ3) is 22.7. The van der Waals surface area contributed by atoms with E-state index in [-0.39, 0.29) is 52.1 Å². The number of phenolic OH excluding ortho intramolecular Hbond substituents is 4. The van der Waals surface area contributed by atoms with Crippen LogP contribution in [0.3, 0.4) is 0 Å². The highest BCUT2D eigenvalue weighted by molar-refractivity contribution is 6.32. The van der Waals surface area contributed by atoms with E-state index in [1.807, 2.05) is 6.07 Å². The Morgan fingerprint density at radius 2 is 0.953 bits per heavy atom. The molecule has 3 fully saturated rings. The highest BCUT2D eigenvalue weighted by Gasteiger charge is 2.52. The van der Waals surface area contributed by atoms with Crippen LogP contribution in [0.15, 0.2) is 224 Å². The number of aliphatic hydroxyl groups excluding tert-OH is 10. The van der Waals surface area contributed by atoms with Gasteiger partial charge < -0.3 is 171 Å². The molecule has 0 aromatic heterocycles. The Hall–Kier alpha value is -15.1. The van der Waals surface area contributed by atoms with Gasteiger partial charge in [-0.25, -0.2) is 4.79 Å². The number of phenols is 4. The van der Waals surface area contributed by atoms with Crippen molar-refractivity contribution in [1.29, 1.82) is 0 Å². The molecule has 0 saturated carbocycles. The molecule has 778 valence electrons. The van der Waals surface area contributed by atoms with Crippen LogP contribution >= 0.6 is 23.2 Å². The Kier molecular flexibility index (Phi) is 31.0. The largest absolute Gasteiger partial charge is 0.508 e. The van der Waals surface area contributed by atoms with E-state index in [2.05, 4.69) is 47.9 Å². The van der Waals surface area contributed by atoms with Gasteiger partial charge in [0.05, 0.1) is 35.9 Å². The number of carbonyl (C=O) groups is 8. The lowest BCUT2D eigenvalue weighted by atomic mass is 9.89. The highest BCUT2D eigenvalue weighted by atomic mass is 35.5. The lowest BCUT2D eigenvalue weighted by Gasteiger charge is -2.44. The Labute approximate surface area is 855 Å². The number of fused-ring (bicyclic) bond motifs is 14. The van der Waals surface area contributed by atoms with Gasteiger partial charge >= 0.3 is 5.97 Å². The monoisotopic (exact) mass is 2090 g/mol. The third-order valence-corrected chi connectivity index (χ3v) is 26.5. The average Bonchev–Trinajstić information content (AvgIpc) is 0.752. The minimum atomic E-state index is -2.60. The number of aromatic hydroxyl groups is 4. The molecule has 11 aromatic carbocycles. The molecule has 0 unspecified atom stereocenters. The molecule has 24 N–H and O–H groups in total. The summed E-state index contributed by atoms with van der Waals surface area (Å²) in [7, 11) is 0. The van der Waals surface area contributed by atoms with E-state index >= 15 is 28.8 Å². The van der Waals surface area contributed by atoms with Crippen molar-refractivity contribution in [3.63, 3.8) is 0 Å². The molecule has 11 aromatic rings. The number of carbonyl (C=O) groups excluding carboxylic acids is 7. The lowest BCUT2D eigenvalue weighted by Crippen LogP contribution is -2.65. The van der Waals surface area contributed by atoms with Crippen molar-refractivity contribution in [2.24, 2.45) is 0 Å². The first-order valence-corrected chi connectivity index (χ1v) is 47.5. The maximum Gasteiger partial charge on any atom is 0.330 e. The number of ether oxygens (including phenoxy) is 11. The third-order valence-electron chi connectivity index (χ3n) is 25.9. The number of amides is 7. The van der Waals surface area contributed by atoms with Crippen molar-refractivity contribution in [2.75, 3.05) is 19.8 Å². The fourth-order valence-electron chi connectivity index (χ4n) is 18.4. The molecule has 0 spiro atoms. The highest BCUT2D eigenvalue weighted by Crippen LogP contribution is 2.52. The second-order valence-electron chi connectivity index (χ2n) is 36.1. The van der Waals surface area contributed by atoms with Crippen LogP contribution in [-0.2, 0) is 76.8 Å². The molecule has 7 amide bonds. The summed E-state index contributed by atoms with van der Waals surface area (Å²) in [4.78, 5) is 127. The van der Waals surface area contributed by atoms with Gasteiger partial charge in [-0.1, -0.05) is 108 Å². The van der Waals surface area contributed by atoms with E-state index in [1.54, 1.807) is 103 Å². The second kappa shape index (κ2) is 44.5. The quantitative estimate of drug-likeness (QED) is 0.0444. The first-order chi connectivity index (χ1) is 71.6. The fourth-order valence-corrected chi connectivity index (χ4v) is 18.9. The van der Waals surface area contributed by atoms with Crippen molar-refractivity contribution in [3.8, 4) is 103 Å². The van der Waals surface area contributed by atoms with Crippen LogP contribution in [0.5, 0.6) is 92.0 Å². The van der Waals surface area contributed by atoms with Crippen molar-refractivity contribution in [1.82, 2.24) is 47.9 Å². The van der Waals surface area contributed by atoms with Crippen LogP contribution in [0.2, 0.25) is 10.0 Å². The molecule has 17 bridgehead atoms. The normalized spacial score (nSPS) is 26.8. The second-order valence-corrected chi connectivity index (χ2v) is 36.9. The summed E-state index contributed by atoms with van der Waals surface area (Å²) in [6.45, 7) is -2.41. The van der Waals surface area contributed by atoms with Crippen molar-refractivity contribution < 1.29 is 167 Å². The summed E-state index contributed by atoms with van der Waals surface area (Å²) in [6.07, 6.45) is -29.0. The summed E-state index contributed by atoms with van der Waals surface area (Å²) in [5, 5.41) is 197. The van der Waals surface area contributed by atoms with Gasteiger partial charge in [-0.3, -0.25) is 38.9 Å². The van der Waals surface area contributed by atoms with E-state index in [9.17, 15) is 86.2 Å². The van der Waals surface area contributed by atoms with Crippen LogP contribution in [0, 0.1) is 0 Å². The van der Waals surface area contributed by atoms with Crippen molar-refractivity contribution in [2.45, 2.75) is 167 Å². The Balaban J connectivity index is 0.852. The lowest BCUT2D eigenvalue weighted by molar-refractivity contribution is -0.284. The number of aliphatic carboxylic acids is 1. The number of hydrogen-bond acceptors (Lipinski definition) is 35. The zero-order chi connectivity index (χ0) is 105. The number of benzene rings is 11. The Morgan fingerprint density at radius 1 is 0.423 bits per heavy atom. The van der Waals surface area contributed by atoms with Gasteiger partial charge in [0.1, 0.15) is 173 Å². The number of rotatable bonds is 21. The van der Waals surface area contributed by atoms with Gasteiger partial charge in [-0.2, -0.15) is 0 Å². The zero-order valence-electron chi connectivity index (χ0n) is 78.1. The SMILES string of the molecule is CC(=O)N[C@H]1[C@H](O[C@@H]2c3ccc(c(Cl)c3)Oc3cc4cc(c3O[C@@H]3O[C@H](CO)[C@@H](O)[C@H](O)[C@H]3NCc3cccc(Oc5ccccc5)c3)Oc3ccc(cc3Cl)C[C@H]3NC(=O)[C@H](NCc5cccc(Oc6ccccc6)c5)c5ccc(O)c(c5)Oc5cc(O)cc(c5)[C@H](NC3=O)C(=O)N[C@H]4C(=O)N[C@H]3C(=O)N[C@@H]2C(=O)N[C@H](C(=O)O)c2cc(O)cc(O[C@H]4O[C@H](CO)[C@@H](O)[C@H](O)[C@@H]4O)c2-c2cc3ccc2O)O[C@H](CO)[C@@H](O)[C@@H]1O. The van der Waals surface area contributed by atoms with Crippen LogP contribution < -0.4 is 81.0 Å². The van der Waals surface area contributed by atoms with Crippen LogP contribution in [0.25, 0.3) is 11.1 Å². The molecular weight excluding hydrogens is 1990 g/mol. The van der Waals surface area contributed by atoms with Crippen LogP contribution in [0.4, 0.5) is 0 Å². The van der Waals surface area contributed by atoms with Gasteiger partial charge in [0.15, 0.2) is 35.3 Å². The number of halogens is 2. The molecule has 43 nitrogen and oxygen atoms in total. The van der Waals surface area contributed by atoms with E-state index in [0.717, 1.165) is 85.8 Å². The molecule has 9 heterocycles. The molecule has 9 aliphatic rings. The topological polar surface area (TPSA) is 650 Å². The summed E-state index contributed by atoms with van der Waals surface area (Å²) in [5.74, 6) is -16.8. The number of nitrogens with one attached hydrogen (secondary N) is 9. The summed E-state index contributed by atoms with van der Waals surface area (Å²) < 4.78 is 70.9. The Bertz CT molecular complexity index is 6900. The number of carboxylic acids is 1. The number of carboxylic acid groups (broad SMARTS) is 1. The number of para-hydroxylation sites is 2. The molecule has 0 radical (unpaired) electrons. The number of hydrogen-bond donors (Lipinski definition) is 24. The summed E-state index contributed by atoms with van der Waals surface area (Å²) >= 11 is 15.0. The van der Waals surface area contributed by atoms with E-state index in [4.69, 9.17) is 75.3 Å². The standard InChI is InChI=1S/C104H99Cl2N9O34/c1-45(119)109-84-90(128)87(125)75(43-117)146-103(84)148-93-51-21-25-69(64(106)33-51)143-73-36-53-35-72(94(73)149-102-83(89(127)86(124)74(42-116)145-102)108-41-48-11-9-17-59(27-48)140-57-14-6-3-7-15-57)142-68-24-18-46(28-63(68)105)29-65-95(131)111-80(52-30-54(120)37-60(31-52)141-70-34-50(20-23-67(70)123)78(96(132)110-65)107-40-47-10-8-16-58(26-47)139-56-12-4-2-5-13-56)98(134)113-81(53)99(135)112-79-49-19-22-66(122)61(32-49)77-62(82(101(137)138)114-100(136)85(93)115-97(79)133)38-55(121)39-71(77)144-104-92(130)91(129)88(126)76(44-118)147-104/h2-28,30-39,65,74-76,78-93,102-104,107-108,116-118,120-130H,29,40-44H2,1H3,(H,109,119)(H,110,132)(H,111,131)(H,112,135)(H,113,134)(H,114,136)(H,115,133)(H,137,138)/t65-,74-,75-,76-,78-,79-,80+,81-,82+,83-,84-,85+,86-,87-,88-,89-,90-,91+,92+,93-,102+,103+,104+/m1/s1. The molecule has 20 rings (SSSR count). The van der Waals surface area contributed by atoms with Crippen molar-refractivity contribution >= 4 is 70.5 Å². The van der Waals surface area contributed by atoms with Gasteiger partial charge in [0.25, 0.3) is 0 Å². The van der Waals surface area contributed by atoms with E-state index in [1.165, 1.54) is 36.4 Å². The first kappa shape index (κ1) is 104. The molecule has 0 aliphatic carbocycles. The van der Waals surface area contributed by atoms with E-state index < -0.39 is 304 Å². The average molecular weight is 2090 g/mol. The fraction of sp³-hybridized carbons (Fsp3) is 0.288. The molecule has 45 heteroatoms. The molecule has 3 saturated heterocycles. The first-order valence-electron chi connectivity index (χ1n) is 46.7. The predicted molar refractivity (Wildman–Crippen MR) is 518 cm³/mol. The minimum absolute atomic E-state index is 0.0888. The maximum atomic E-state index is 17.3. The summed E-state index contributed by atoms with van der Waals surface area (Å²) in [5.41, 5.74) is -2.56. The summed E-state index contributed by atoms with van der Waals surface area (Å²) in [6, 6.07) is 32.9.